The summed E-state index contributed by atoms with van der Waals surface area (Å²) in [6.07, 6.45) is 3.23. The molecule has 0 radical (unpaired) electrons. The summed E-state index contributed by atoms with van der Waals surface area (Å²) in [4.78, 5) is 3.82. The molecular formula is C6H5NOS2. The van der Waals surface area contributed by atoms with E-state index in [9.17, 15) is 0 Å². The highest BCUT2D eigenvalue weighted by atomic mass is 32.1. The lowest BCUT2D eigenvalue weighted by atomic mass is 10.5. The van der Waals surface area contributed by atoms with Gasteiger partial charge in [-0.25, -0.2) is 0 Å². The molecule has 0 aromatic carbocycles. The summed E-state index contributed by atoms with van der Waals surface area (Å²) in [5.74, 6) is 0.613. The lowest BCUT2D eigenvalue weighted by molar-refractivity contribution is 0.576. The summed E-state index contributed by atoms with van der Waals surface area (Å²) in [6.45, 7) is 0. The van der Waals surface area contributed by atoms with Crippen molar-refractivity contribution in [1.29, 1.82) is 0 Å². The van der Waals surface area contributed by atoms with Gasteiger partial charge in [0.05, 0.1) is 6.20 Å². The van der Waals surface area contributed by atoms with E-state index < -0.39 is 0 Å². The highest BCUT2D eigenvalue weighted by Gasteiger charge is 1.91. The summed E-state index contributed by atoms with van der Waals surface area (Å²) in [7, 11) is 0. The molecule has 0 bridgehead atoms. The smallest absolute Gasteiger partial charge is 0.222 e. The van der Waals surface area contributed by atoms with E-state index in [1.165, 1.54) is 0 Å². The molecule has 2 nitrogen and oxygen atoms in total. The van der Waals surface area contributed by atoms with Crippen molar-refractivity contribution in [2.24, 2.45) is 0 Å². The first-order valence-corrected chi connectivity index (χ1v) is 3.45. The van der Waals surface area contributed by atoms with Gasteiger partial charge >= 0.3 is 0 Å². The summed E-state index contributed by atoms with van der Waals surface area (Å²) in [5, 5.41) is 0. The van der Waals surface area contributed by atoms with Crippen LogP contribution in [0.15, 0.2) is 24.5 Å². The maximum Gasteiger partial charge on any atom is 0.222 e. The lowest BCUT2D eigenvalue weighted by Crippen LogP contribution is -1.95. The first-order valence-electron chi connectivity index (χ1n) is 2.60. The second kappa shape index (κ2) is 3.53. The Balaban J connectivity index is 2.67. The van der Waals surface area contributed by atoms with E-state index in [1.807, 2.05) is 0 Å². The third kappa shape index (κ3) is 2.33. The van der Waals surface area contributed by atoms with Crippen molar-refractivity contribution in [2.45, 2.75) is 0 Å². The molecule has 0 aliphatic rings. The molecule has 0 spiro atoms. The highest BCUT2D eigenvalue weighted by Crippen LogP contribution is 2.07. The Kier molecular flexibility index (Phi) is 2.65. The molecule has 1 rings (SSSR count). The van der Waals surface area contributed by atoms with Crippen LogP contribution in [0.4, 0.5) is 0 Å². The van der Waals surface area contributed by atoms with Crippen LogP contribution in [0.1, 0.15) is 0 Å². The Hall–Kier alpha value is -0.610. The van der Waals surface area contributed by atoms with Crippen molar-refractivity contribution in [2.75, 3.05) is 0 Å². The SMILES string of the molecule is S=C(S)Oc1cccnc1. The van der Waals surface area contributed by atoms with E-state index in [-0.39, 0.29) is 4.38 Å². The van der Waals surface area contributed by atoms with Gasteiger partial charge < -0.3 is 4.74 Å². The zero-order chi connectivity index (χ0) is 7.40. The molecule has 1 aromatic heterocycles. The maximum atomic E-state index is 4.95. The molecule has 0 N–H and O–H groups in total. The first kappa shape index (κ1) is 7.50. The van der Waals surface area contributed by atoms with Gasteiger partial charge in [-0.1, -0.05) is 12.6 Å². The fourth-order valence-electron chi connectivity index (χ4n) is 0.508. The highest BCUT2D eigenvalue weighted by molar-refractivity contribution is 8.10. The van der Waals surface area contributed by atoms with Crippen LogP contribution in [0.3, 0.4) is 0 Å². The molecule has 10 heavy (non-hydrogen) atoms. The van der Waals surface area contributed by atoms with E-state index in [2.05, 4.69) is 29.8 Å². The fourth-order valence-corrected chi connectivity index (χ4v) is 0.710. The average Bonchev–Trinajstić information content (AvgIpc) is 1.88. The second-order valence-corrected chi connectivity index (χ2v) is 2.64. The van der Waals surface area contributed by atoms with Gasteiger partial charge in [0.15, 0.2) is 0 Å². The van der Waals surface area contributed by atoms with Crippen LogP contribution in [0.5, 0.6) is 5.75 Å². The lowest BCUT2D eigenvalue weighted by Gasteiger charge is -1.98. The Morgan fingerprint density at radius 1 is 1.70 bits per heavy atom. The van der Waals surface area contributed by atoms with Crippen LogP contribution in [-0.2, 0) is 0 Å². The molecule has 4 heteroatoms. The molecule has 52 valence electrons. The van der Waals surface area contributed by atoms with E-state index >= 15 is 0 Å². The van der Waals surface area contributed by atoms with Gasteiger partial charge in [-0.3, -0.25) is 4.98 Å². The van der Waals surface area contributed by atoms with Crippen LogP contribution >= 0.6 is 24.8 Å². The van der Waals surface area contributed by atoms with Crippen LogP contribution in [0.2, 0.25) is 0 Å². The normalized spacial score (nSPS) is 8.90. The minimum Gasteiger partial charge on any atom is -0.439 e. The molecule has 0 unspecified atom stereocenters. The molecule has 0 atom stereocenters. The summed E-state index contributed by atoms with van der Waals surface area (Å²) in [6, 6.07) is 3.52. The number of hydrogen-bond acceptors (Lipinski definition) is 3. The van der Waals surface area contributed by atoms with Crippen molar-refractivity contribution < 1.29 is 4.74 Å². The topological polar surface area (TPSA) is 22.1 Å². The van der Waals surface area contributed by atoms with Crippen molar-refractivity contribution in [3.8, 4) is 5.75 Å². The van der Waals surface area contributed by atoms with Gasteiger partial charge in [0.25, 0.3) is 0 Å². The summed E-state index contributed by atoms with van der Waals surface area (Å²) in [5.41, 5.74) is 0. The number of thiocarbonyl (C=S) groups is 1. The number of pyridine rings is 1. The third-order valence-electron chi connectivity index (χ3n) is 0.840. The fraction of sp³-hybridized carbons (Fsp3) is 0. The van der Waals surface area contributed by atoms with E-state index in [1.54, 1.807) is 24.5 Å². The molecule has 0 aliphatic carbocycles. The second-order valence-electron chi connectivity index (χ2n) is 1.56. The Morgan fingerprint density at radius 2 is 2.50 bits per heavy atom. The van der Waals surface area contributed by atoms with E-state index in [4.69, 9.17) is 4.74 Å². The minimum absolute atomic E-state index is 0.202. The first-order chi connectivity index (χ1) is 4.79. The van der Waals surface area contributed by atoms with Crippen LogP contribution in [0.25, 0.3) is 0 Å². The van der Waals surface area contributed by atoms with Crippen molar-refractivity contribution in [3.63, 3.8) is 0 Å². The summed E-state index contributed by atoms with van der Waals surface area (Å²) >= 11 is 8.38. The van der Waals surface area contributed by atoms with Crippen molar-refractivity contribution in [1.82, 2.24) is 4.98 Å². The third-order valence-corrected chi connectivity index (χ3v) is 1.01. The largest absolute Gasteiger partial charge is 0.439 e. The number of nitrogens with zero attached hydrogens (tertiary/aromatic N) is 1. The molecule has 0 aliphatic heterocycles. The van der Waals surface area contributed by atoms with Gasteiger partial charge in [0, 0.05) is 6.20 Å². The number of hydrogen-bond donors (Lipinski definition) is 1. The van der Waals surface area contributed by atoms with Crippen molar-refractivity contribution in [3.05, 3.63) is 24.5 Å². The van der Waals surface area contributed by atoms with Gasteiger partial charge in [-0.05, 0) is 24.4 Å². The molecular weight excluding hydrogens is 166 g/mol. The number of rotatable bonds is 1. The van der Waals surface area contributed by atoms with E-state index in [0.29, 0.717) is 5.75 Å². The molecule has 0 amide bonds. The number of thiol groups is 1. The van der Waals surface area contributed by atoms with Crippen LogP contribution in [0, 0.1) is 0 Å². The standard InChI is InChI=1S/C6H5NOS2/c9-6(10)8-5-2-1-3-7-4-5/h1-4H,(H,9,10). The van der Waals surface area contributed by atoms with Gasteiger partial charge in [0.2, 0.25) is 4.38 Å². The minimum atomic E-state index is 0.202. The quantitative estimate of drug-likeness (QED) is 0.513. The number of aromatic nitrogens is 1. The molecule has 0 saturated carbocycles. The average molecular weight is 171 g/mol. The Labute approximate surface area is 69.6 Å². The Bertz CT molecular complexity index is 224. The van der Waals surface area contributed by atoms with Gasteiger partial charge in [0.1, 0.15) is 5.75 Å². The summed E-state index contributed by atoms with van der Waals surface area (Å²) < 4.78 is 5.15. The van der Waals surface area contributed by atoms with E-state index in [0.717, 1.165) is 0 Å². The zero-order valence-electron chi connectivity index (χ0n) is 5.02. The predicted octanol–water partition coefficient (Wildman–Crippen LogP) is 1.68. The van der Waals surface area contributed by atoms with Gasteiger partial charge in [-0.15, -0.1) is 0 Å². The van der Waals surface area contributed by atoms with Crippen LogP contribution < -0.4 is 4.74 Å². The molecule has 1 aromatic rings. The zero-order valence-corrected chi connectivity index (χ0v) is 6.73. The molecule has 0 saturated heterocycles. The molecule has 0 fully saturated rings. The number of ether oxygens (including phenoxy) is 1. The monoisotopic (exact) mass is 171 g/mol. The predicted molar refractivity (Wildman–Crippen MR) is 46.4 cm³/mol. The van der Waals surface area contributed by atoms with Gasteiger partial charge in [-0.2, -0.15) is 0 Å². The maximum absolute atomic E-state index is 4.95. The Morgan fingerprint density at radius 3 is 3.00 bits per heavy atom. The molecule has 1 heterocycles. The van der Waals surface area contributed by atoms with Crippen molar-refractivity contribution >= 4 is 29.2 Å². The van der Waals surface area contributed by atoms with Crippen LogP contribution in [-0.4, -0.2) is 9.37 Å².